The molecule has 0 saturated carbocycles. The van der Waals surface area contributed by atoms with Crippen molar-refractivity contribution >= 4 is 17.8 Å². The van der Waals surface area contributed by atoms with Crippen molar-refractivity contribution in [1.29, 1.82) is 0 Å². The molecule has 1 aromatic rings. The van der Waals surface area contributed by atoms with Crippen molar-refractivity contribution in [3.8, 4) is 0 Å². The second kappa shape index (κ2) is 7.00. The highest BCUT2D eigenvalue weighted by molar-refractivity contribution is 5.97. The zero-order valence-corrected chi connectivity index (χ0v) is 13.7. The molecule has 2 aliphatic heterocycles. The monoisotopic (exact) mass is 330 g/mol. The van der Waals surface area contributed by atoms with Crippen molar-refractivity contribution in [3.63, 3.8) is 0 Å². The molecule has 0 aliphatic carbocycles. The van der Waals surface area contributed by atoms with E-state index in [1.165, 1.54) is 5.56 Å². The Labute approximate surface area is 141 Å². The summed E-state index contributed by atoms with van der Waals surface area (Å²) in [6.45, 7) is 4.54. The van der Waals surface area contributed by atoms with Gasteiger partial charge in [0.25, 0.3) is 0 Å². The van der Waals surface area contributed by atoms with E-state index >= 15 is 0 Å². The van der Waals surface area contributed by atoms with Crippen molar-refractivity contribution in [2.45, 2.75) is 25.9 Å². The van der Waals surface area contributed by atoms with E-state index < -0.39 is 6.03 Å². The van der Waals surface area contributed by atoms with E-state index in [2.05, 4.69) is 10.6 Å². The van der Waals surface area contributed by atoms with Gasteiger partial charge >= 0.3 is 6.03 Å². The fourth-order valence-corrected chi connectivity index (χ4v) is 3.09. The van der Waals surface area contributed by atoms with Crippen molar-refractivity contribution in [2.75, 3.05) is 26.2 Å². The molecule has 1 unspecified atom stereocenters. The number of benzene rings is 1. The Bertz CT molecular complexity index is 620. The van der Waals surface area contributed by atoms with Gasteiger partial charge in [0, 0.05) is 26.2 Å². The summed E-state index contributed by atoms with van der Waals surface area (Å²) < 4.78 is 0. The summed E-state index contributed by atoms with van der Waals surface area (Å²) in [6.07, 6.45) is 0.381. The average Bonchev–Trinajstić information content (AvgIpc) is 2.56. The van der Waals surface area contributed by atoms with Crippen LogP contribution in [0.5, 0.6) is 0 Å². The summed E-state index contributed by atoms with van der Waals surface area (Å²) >= 11 is 0. The molecular weight excluding hydrogens is 308 g/mol. The van der Waals surface area contributed by atoms with Gasteiger partial charge in [-0.15, -0.1) is 0 Å². The molecule has 2 fully saturated rings. The maximum absolute atomic E-state index is 12.4. The van der Waals surface area contributed by atoms with Crippen LogP contribution < -0.4 is 10.6 Å². The van der Waals surface area contributed by atoms with E-state index in [0.717, 1.165) is 5.56 Å². The van der Waals surface area contributed by atoms with Gasteiger partial charge in [-0.05, 0) is 12.5 Å². The van der Waals surface area contributed by atoms with E-state index in [4.69, 9.17) is 0 Å². The summed E-state index contributed by atoms with van der Waals surface area (Å²) in [5.74, 6) is -0.148. The molecule has 128 valence electrons. The summed E-state index contributed by atoms with van der Waals surface area (Å²) in [4.78, 5) is 39.2. The maximum atomic E-state index is 12.4. The SMILES string of the molecule is Cc1ccc(CC(=O)N2CCN(C3CC(=O)NC(=O)N3)CC2)cc1. The van der Waals surface area contributed by atoms with Crippen LogP contribution in [0.4, 0.5) is 4.79 Å². The van der Waals surface area contributed by atoms with Gasteiger partial charge in [0.15, 0.2) is 0 Å². The Morgan fingerprint density at radius 3 is 2.42 bits per heavy atom. The lowest BCUT2D eigenvalue weighted by molar-refractivity contribution is -0.133. The van der Waals surface area contributed by atoms with Crippen molar-refractivity contribution in [3.05, 3.63) is 35.4 Å². The molecule has 1 atom stereocenters. The molecule has 2 heterocycles. The number of carbonyl (C=O) groups is 3. The van der Waals surface area contributed by atoms with Gasteiger partial charge in [-0.1, -0.05) is 29.8 Å². The first-order valence-corrected chi connectivity index (χ1v) is 8.19. The first-order valence-electron chi connectivity index (χ1n) is 8.19. The minimum Gasteiger partial charge on any atom is -0.340 e. The molecule has 4 amide bonds. The topological polar surface area (TPSA) is 81.8 Å². The maximum Gasteiger partial charge on any atom is 0.322 e. The largest absolute Gasteiger partial charge is 0.340 e. The van der Waals surface area contributed by atoms with E-state index in [-0.39, 0.29) is 24.4 Å². The van der Waals surface area contributed by atoms with Crippen molar-refractivity contribution in [1.82, 2.24) is 20.4 Å². The number of piperazine rings is 1. The normalized spacial score (nSPS) is 22.0. The van der Waals surface area contributed by atoms with E-state index in [0.29, 0.717) is 32.6 Å². The molecular formula is C17H22N4O3. The molecule has 7 heteroatoms. The van der Waals surface area contributed by atoms with Gasteiger partial charge in [0.2, 0.25) is 11.8 Å². The van der Waals surface area contributed by atoms with Gasteiger partial charge in [0.1, 0.15) is 0 Å². The Morgan fingerprint density at radius 1 is 1.12 bits per heavy atom. The highest BCUT2D eigenvalue weighted by atomic mass is 16.2. The summed E-state index contributed by atoms with van der Waals surface area (Å²) in [5.41, 5.74) is 2.20. The lowest BCUT2D eigenvalue weighted by atomic mass is 10.1. The predicted octanol–water partition coefficient (Wildman–Crippen LogP) is 0.237. The van der Waals surface area contributed by atoms with Gasteiger partial charge in [-0.3, -0.25) is 19.8 Å². The third-order valence-electron chi connectivity index (χ3n) is 4.51. The Hall–Kier alpha value is -2.41. The third kappa shape index (κ3) is 3.91. The molecule has 2 aliphatic rings. The molecule has 2 saturated heterocycles. The molecule has 0 spiro atoms. The molecule has 7 nitrogen and oxygen atoms in total. The van der Waals surface area contributed by atoms with Gasteiger partial charge in [-0.2, -0.15) is 0 Å². The number of nitrogens with one attached hydrogen (secondary N) is 2. The highest BCUT2D eigenvalue weighted by Gasteiger charge is 2.31. The number of urea groups is 1. The van der Waals surface area contributed by atoms with Crippen molar-refractivity contribution < 1.29 is 14.4 Å². The minimum absolute atomic E-state index is 0.115. The van der Waals surface area contributed by atoms with Crippen molar-refractivity contribution in [2.24, 2.45) is 0 Å². The van der Waals surface area contributed by atoms with Crippen LogP contribution in [0.1, 0.15) is 17.5 Å². The van der Waals surface area contributed by atoms with E-state index in [1.807, 2.05) is 41.0 Å². The second-order valence-electron chi connectivity index (χ2n) is 6.32. The molecule has 24 heavy (non-hydrogen) atoms. The highest BCUT2D eigenvalue weighted by Crippen LogP contribution is 2.12. The van der Waals surface area contributed by atoms with Crippen LogP contribution in [0.15, 0.2) is 24.3 Å². The van der Waals surface area contributed by atoms with Crippen LogP contribution in [0.2, 0.25) is 0 Å². The standard InChI is InChI=1S/C17H22N4O3/c1-12-2-4-13(5-3-12)10-16(23)21-8-6-20(7-9-21)14-11-15(22)19-17(24)18-14/h2-5,14H,6-11H2,1H3,(H2,18,19,22,24). The number of nitrogens with zero attached hydrogens (tertiary/aromatic N) is 2. The van der Waals surface area contributed by atoms with Crippen LogP contribution in [0.25, 0.3) is 0 Å². The first kappa shape index (κ1) is 16.4. The smallest absolute Gasteiger partial charge is 0.322 e. The average molecular weight is 330 g/mol. The minimum atomic E-state index is -0.450. The van der Waals surface area contributed by atoms with Crippen LogP contribution >= 0.6 is 0 Å². The van der Waals surface area contributed by atoms with Gasteiger partial charge < -0.3 is 10.2 Å². The van der Waals surface area contributed by atoms with Gasteiger partial charge in [0.05, 0.1) is 19.0 Å². The van der Waals surface area contributed by atoms with Crippen LogP contribution in [0, 0.1) is 6.92 Å². The molecule has 3 rings (SSSR count). The summed E-state index contributed by atoms with van der Waals surface area (Å²) in [7, 11) is 0. The lowest BCUT2D eigenvalue weighted by Crippen LogP contribution is -2.62. The van der Waals surface area contributed by atoms with Crippen LogP contribution in [-0.2, 0) is 16.0 Å². The van der Waals surface area contributed by atoms with E-state index in [1.54, 1.807) is 0 Å². The second-order valence-corrected chi connectivity index (χ2v) is 6.32. The van der Waals surface area contributed by atoms with Crippen LogP contribution in [0.3, 0.4) is 0 Å². The number of amides is 4. The summed E-state index contributed by atoms with van der Waals surface area (Å²) in [5, 5.41) is 4.98. The molecule has 0 bridgehead atoms. The Kier molecular flexibility index (Phi) is 4.80. The molecule has 0 aromatic heterocycles. The van der Waals surface area contributed by atoms with Crippen LogP contribution in [-0.4, -0.2) is 60.0 Å². The fourth-order valence-electron chi connectivity index (χ4n) is 3.09. The first-order chi connectivity index (χ1) is 11.5. The molecule has 1 aromatic carbocycles. The lowest BCUT2D eigenvalue weighted by Gasteiger charge is -2.40. The Balaban J connectivity index is 1.51. The third-order valence-corrected chi connectivity index (χ3v) is 4.51. The predicted molar refractivity (Wildman–Crippen MR) is 88.1 cm³/mol. The zero-order chi connectivity index (χ0) is 17.1. The molecule has 2 N–H and O–H groups in total. The molecule has 0 radical (unpaired) electrons. The van der Waals surface area contributed by atoms with Gasteiger partial charge in [-0.25, -0.2) is 4.79 Å². The number of hydrogen-bond donors (Lipinski definition) is 2. The number of imide groups is 1. The zero-order valence-electron chi connectivity index (χ0n) is 13.7. The fraction of sp³-hybridized carbons (Fsp3) is 0.471. The number of aryl methyl sites for hydroxylation is 1. The van der Waals surface area contributed by atoms with E-state index in [9.17, 15) is 14.4 Å². The number of carbonyl (C=O) groups excluding carboxylic acids is 3. The quantitative estimate of drug-likeness (QED) is 0.832. The summed E-state index contributed by atoms with van der Waals surface area (Å²) in [6, 6.07) is 7.54. The number of hydrogen-bond acceptors (Lipinski definition) is 4. The number of rotatable bonds is 3. The Morgan fingerprint density at radius 2 is 1.79 bits per heavy atom.